The maximum Gasteiger partial charge on any atom is 0.153 e. The lowest BCUT2D eigenvalue weighted by molar-refractivity contribution is 0.648. The molecule has 0 saturated carbocycles. The molecule has 1 aliphatic heterocycles. The molecule has 0 atom stereocenters. The summed E-state index contributed by atoms with van der Waals surface area (Å²) in [6.45, 7) is 3.55. The topological polar surface area (TPSA) is 45.4 Å². The van der Waals surface area contributed by atoms with Crippen LogP contribution in [-0.2, 0) is 0 Å². The first-order valence-corrected chi connectivity index (χ1v) is 7.56. The molecule has 2 heterocycles. The van der Waals surface area contributed by atoms with E-state index in [2.05, 4.69) is 14.8 Å². The summed E-state index contributed by atoms with van der Waals surface area (Å²) >= 11 is 11.9. The van der Waals surface area contributed by atoms with E-state index in [0.29, 0.717) is 10.8 Å². The van der Waals surface area contributed by atoms with Crippen LogP contribution < -0.4 is 15.5 Å². The molecule has 0 aliphatic carbocycles. The zero-order valence-electron chi connectivity index (χ0n) is 11.5. The number of nitrogens with zero attached hydrogens (tertiary/aromatic N) is 3. The highest BCUT2D eigenvalue weighted by Gasteiger charge is 2.20. The molecule has 3 rings (SSSR count). The highest BCUT2D eigenvalue weighted by atomic mass is 35.5. The SMILES string of the molecule is Nc1ccc(Cl)nc1N1CCN(c2ccc(Cl)cc2)CC1. The van der Waals surface area contributed by atoms with Crippen molar-refractivity contribution in [1.29, 1.82) is 0 Å². The lowest BCUT2D eigenvalue weighted by atomic mass is 10.2. The van der Waals surface area contributed by atoms with Crippen molar-refractivity contribution in [3.63, 3.8) is 0 Å². The highest BCUT2D eigenvalue weighted by molar-refractivity contribution is 6.30. The number of piperazine rings is 1. The molecule has 1 saturated heterocycles. The van der Waals surface area contributed by atoms with Crippen LogP contribution in [0.4, 0.5) is 17.2 Å². The number of hydrogen-bond donors (Lipinski definition) is 1. The van der Waals surface area contributed by atoms with E-state index in [1.165, 1.54) is 5.69 Å². The third-order valence-corrected chi connectivity index (χ3v) is 4.10. The number of nitrogens with two attached hydrogens (primary N) is 1. The summed E-state index contributed by atoms with van der Waals surface area (Å²) in [6, 6.07) is 11.4. The quantitative estimate of drug-likeness (QED) is 0.862. The predicted molar refractivity (Wildman–Crippen MR) is 89.5 cm³/mol. The van der Waals surface area contributed by atoms with Gasteiger partial charge in [0.25, 0.3) is 0 Å². The van der Waals surface area contributed by atoms with Gasteiger partial charge in [0.05, 0.1) is 5.69 Å². The molecule has 110 valence electrons. The first-order chi connectivity index (χ1) is 10.1. The predicted octanol–water partition coefficient (Wildman–Crippen LogP) is 3.30. The summed E-state index contributed by atoms with van der Waals surface area (Å²) in [7, 11) is 0. The average Bonchev–Trinajstić information content (AvgIpc) is 2.51. The van der Waals surface area contributed by atoms with Crippen LogP contribution in [0.2, 0.25) is 10.2 Å². The molecule has 2 aromatic rings. The molecule has 1 aliphatic rings. The molecule has 4 nitrogen and oxygen atoms in total. The molecule has 21 heavy (non-hydrogen) atoms. The van der Waals surface area contributed by atoms with Crippen molar-refractivity contribution < 1.29 is 0 Å². The number of anilines is 3. The van der Waals surface area contributed by atoms with Crippen molar-refractivity contribution >= 4 is 40.4 Å². The van der Waals surface area contributed by atoms with Crippen molar-refractivity contribution in [1.82, 2.24) is 4.98 Å². The fraction of sp³-hybridized carbons (Fsp3) is 0.267. The van der Waals surface area contributed by atoms with Crippen LogP contribution in [0.3, 0.4) is 0 Å². The second-order valence-corrected chi connectivity index (χ2v) is 5.82. The van der Waals surface area contributed by atoms with Gasteiger partial charge in [-0.15, -0.1) is 0 Å². The zero-order chi connectivity index (χ0) is 14.8. The van der Waals surface area contributed by atoms with Gasteiger partial charge in [-0.1, -0.05) is 23.2 Å². The summed E-state index contributed by atoms with van der Waals surface area (Å²) in [5.74, 6) is 0.776. The fourth-order valence-electron chi connectivity index (χ4n) is 2.52. The number of nitrogen functional groups attached to an aromatic ring is 1. The van der Waals surface area contributed by atoms with Crippen LogP contribution in [0.1, 0.15) is 0 Å². The van der Waals surface area contributed by atoms with E-state index in [4.69, 9.17) is 28.9 Å². The van der Waals surface area contributed by atoms with E-state index >= 15 is 0 Å². The van der Waals surface area contributed by atoms with Gasteiger partial charge in [-0.05, 0) is 36.4 Å². The maximum atomic E-state index is 5.99. The molecule has 2 N–H and O–H groups in total. The Kier molecular flexibility index (Phi) is 4.08. The smallest absolute Gasteiger partial charge is 0.153 e. The Morgan fingerprint density at radius 2 is 1.48 bits per heavy atom. The summed E-state index contributed by atoms with van der Waals surface area (Å²) in [4.78, 5) is 8.84. The van der Waals surface area contributed by atoms with Crippen LogP contribution in [-0.4, -0.2) is 31.2 Å². The molecular weight excluding hydrogens is 307 g/mol. The summed E-state index contributed by atoms with van der Waals surface area (Å²) in [6.07, 6.45) is 0. The standard InChI is InChI=1S/C15H16Cl2N4/c16-11-1-3-12(4-2-11)20-7-9-21(10-8-20)15-13(18)5-6-14(17)19-15/h1-6H,7-10,18H2. The second-order valence-electron chi connectivity index (χ2n) is 5.00. The average molecular weight is 323 g/mol. The summed E-state index contributed by atoms with van der Waals surface area (Å²) in [5.41, 5.74) is 7.84. The molecule has 0 spiro atoms. The number of benzene rings is 1. The first kappa shape index (κ1) is 14.3. The summed E-state index contributed by atoms with van der Waals surface area (Å²) in [5, 5.41) is 1.23. The van der Waals surface area contributed by atoms with Crippen molar-refractivity contribution in [3.8, 4) is 0 Å². The largest absolute Gasteiger partial charge is 0.396 e. The fourth-order valence-corrected chi connectivity index (χ4v) is 2.79. The number of aromatic nitrogens is 1. The van der Waals surface area contributed by atoms with E-state index in [9.17, 15) is 0 Å². The van der Waals surface area contributed by atoms with Gasteiger partial charge in [-0.25, -0.2) is 4.98 Å². The van der Waals surface area contributed by atoms with E-state index in [1.807, 2.05) is 24.3 Å². The third-order valence-electron chi connectivity index (χ3n) is 3.64. The van der Waals surface area contributed by atoms with Gasteiger partial charge in [0.15, 0.2) is 5.82 Å². The van der Waals surface area contributed by atoms with Gasteiger partial charge in [-0.3, -0.25) is 0 Å². The molecule has 1 aromatic carbocycles. The Balaban J connectivity index is 1.70. The van der Waals surface area contributed by atoms with Gasteiger partial charge in [-0.2, -0.15) is 0 Å². The Hall–Kier alpha value is -1.65. The Morgan fingerprint density at radius 1 is 0.857 bits per heavy atom. The number of hydrogen-bond acceptors (Lipinski definition) is 4. The van der Waals surface area contributed by atoms with E-state index in [-0.39, 0.29) is 0 Å². The zero-order valence-corrected chi connectivity index (χ0v) is 13.0. The third kappa shape index (κ3) is 3.17. The Bertz CT molecular complexity index is 622. The minimum absolute atomic E-state index is 0.472. The molecule has 0 bridgehead atoms. The van der Waals surface area contributed by atoms with Gasteiger partial charge in [0.1, 0.15) is 5.15 Å². The van der Waals surface area contributed by atoms with Crippen LogP contribution >= 0.6 is 23.2 Å². The lowest BCUT2D eigenvalue weighted by Crippen LogP contribution is -2.47. The number of rotatable bonds is 2. The van der Waals surface area contributed by atoms with Crippen LogP contribution in [0, 0.1) is 0 Å². The van der Waals surface area contributed by atoms with E-state index in [0.717, 1.165) is 37.0 Å². The van der Waals surface area contributed by atoms with Crippen LogP contribution in [0.5, 0.6) is 0 Å². The number of pyridine rings is 1. The molecule has 6 heteroatoms. The van der Waals surface area contributed by atoms with Crippen LogP contribution in [0.25, 0.3) is 0 Å². The lowest BCUT2D eigenvalue weighted by Gasteiger charge is -2.37. The Morgan fingerprint density at radius 3 is 2.14 bits per heavy atom. The minimum atomic E-state index is 0.472. The highest BCUT2D eigenvalue weighted by Crippen LogP contribution is 2.25. The van der Waals surface area contributed by atoms with Crippen molar-refractivity contribution in [2.45, 2.75) is 0 Å². The number of halogens is 2. The molecule has 0 unspecified atom stereocenters. The second kappa shape index (κ2) is 6.00. The van der Waals surface area contributed by atoms with Gasteiger partial charge in [0.2, 0.25) is 0 Å². The maximum absolute atomic E-state index is 5.99. The van der Waals surface area contributed by atoms with Crippen molar-refractivity contribution in [3.05, 3.63) is 46.6 Å². The molecule has 1 aromatic heterocycles. The molecular formula is C15H16Cl2N4. The Labute approximate surface area is 134 Å². The molecule has 0 radical (unpaired) electrons. The van der Waals surface area contributed by atoms with E-state index in [1.54, 1.807) is 12.1 Å². The van der Waals surface area contributed by atoms with E-state index < -0.39 is 0 Å². The van der Waals surface area contributed by atoms with Gasteiger partial charge >= 0.3 is 0 Å². The molecule has 0 amide bonds. The molecule has 1 fully saturated rings. The monoisotopic (exact) mass is 322 g/mol. The van der Waals surface area contributed by atoms with Crippen molar-refractivity contribution in [2.75, 3.05) is 41.7 Å². The normalized spacial score (nSPS) is 15.3. The van der Waals surface area contributed by atoms with Gasteiger partial charge < -0.3 is 15.5 Å². The minimum Gasteiger partial charge on any atom is -0.396 e. The van der Waals surface area contributed by atoms with Crippen molar-refractivity contribution in [2.24, 2.45) is 0 Å². The summed E-state index contributed by atoms with van der Waals surface area (Å²) < 4.78 is 0. The van der Waals surface area contributed by atoms with Gasteiger partial charge in [0, 0.05) is 36.9 Å². The van der Waals surface area contributed by atoms with Crippen LogP contribution in [0.15, 0.2) is 36.4 Å². The first-order valence-electron chi connectivity index (χ1n) is 6.81.